The van der Waals surface area contributed by atoms with Crippen LogP contribution in [-0.2, 0) is 0 Å². The van der Waals surface area contributed by atoms with E-state index in [2.05, 4.69) is 11.4 Å². The first kappa shape index (κ1) is 15.6. The van der Waals surface area contributed by atoms with E-state index in [4.69, 9.17) is 10.00 Å². The SMILES string of the molecule is CC(=O)c1ccccc1NCCCOc1ccc(C#N)cc1. The van der Waals surface area contributed by atoms with Gasteiger partial charge in [0.05, 0.1) is 18.2 Å². The minimum Gasteiger partial charge on any atom is -0.494 e. The number of hydrogen-bond acceptors (Lipinski definition) is 4. The van der Waals surface area contributed by atoms with E-state index in [1.165, 1.54) is 0 Å². The third-order valence-corrected chi connectivity index (χ3v) is 3.20. The lowest BCUT2D eigenvalue weighted by Crippen LogP contribution is -2.09. The Hall–Kier alpha value is -2.80. The predicted molar refractivity (Wildman–Crippen MR) is 86.2 cm³/mol. The zero-order valence-electron chi connectivity index (χ0n) is 12.5. The third kappa shape index (κ3) is 4.35. The van der Waals surface area contributed by atoms with Crippen LogP contribution in [0.15, 0.2) is 48.5 Å². The molecule has 0 heterocycles. The average Bonchev–Trinajstić information content (AvgIpc) is 2.55. The van der Waals surface area contributed by atoms with Crippen molar-refractivity contribution in [2.24, 2.45) is 0 Å². The van der Waals surface area contributed by atoms with Crippen molar-refractivity contribution >= 4 is 11.5 Å². The molecule has 0 fully saturated rings. The first-order chi connectivity index (χ1) is 10.7. The molecule has 4 heteroatoms. The van der Waals surface area contributed by atoms with Crippen molar-refractivity contribution in [3.8, 4) is 11.8 Å². The van der Waals surface area contributed by atoms with Crippen molar-refractivity contribution in [3.63, 3.8) is 0 Å². The van der Waals surface area contributed by atoms with Crippen LogP contribution >= 0.6 is 0 Å². The van der Waals surface area contributed by atoms with Gasteiger partial charge in [0, 0.05) is 17.8 Å². The number of ketones is 1. The Balaban J connectivity index is 1.75. The maximum Gasteiger partial charge on any atom is 0.161 e. The van der Waals surface area contributed by atoms with Gasteiger partial charge in [-0.15, -0.1) is 0 Å². The molecule has 0 spiro atoms. The summed E-state index contributed by atoms with van der Waals surface area (Å²) in [5, 5.41) is 12.0. The second-order valence-electron chi connectivity index (χ2n) is 4.87. The van der Waals surface area contributed by atoms with Gasteiger partial charge in [0.1, 0.15) is 5.75 Å². The molecule has 1 N–H and O–H groups in total. The lowest BCUT2D eigenvalue weighted by Gasteiger charge is -2.10. The van der Waals surface area contributed by atoms with E-state index in [9.17, 15) is 4.79 Å². The van der Waals surface area contributed by atoms with Crippen LogP contribution in [0.3, 0.4) is 0 Å². The number of rotatable bonds is 7. The van der Waals surface area contributed by atoms with Gasteiger partial charge >= 0.3 is 0 Å². The molecule has 22 heavy (non-hydrogen) atoms. The van der Waals surface area contributed by atoms with Gasteiger partial charge in [0.15, 0.2) is 5.78 Å². The van der Waals surface area contributed by atoms with Crippen LogP contribution in [0, 0.1) is 11.3 Å². The summed E-state index contributed by atoms with van der Waals surface area (Å²) < 4.78 is 5.60. The summed E-state index contributed by atoms with van der Waals surface area (Å²) in [5.41, 5.74) is 2.18. The van der Waals surface area contributed by atoms with Crippen molar-refractivity contribution in [2.75, 3.05) is 18.5 Å². The minimum absolute atomic E-state index is 0.0527. The lowest BCUT2D eigenvalue weighted by atomic mass is 10.1. The average molecular weight is 294 g/mol. The molecule has 112 valence electrons. The van der Waals surface area contributed by atoms with Gasteiger partial charge in [-0.05, 0) is 49.7 Å². The molecular formula is C18H18N2O2. The van der Waals surface area contributed by atoms with Crippen LogP contribution in [0.25, 0.3) is 0 Å². The molecule has 2 aromatic carbocycles. The fourth-order valence-corrected chi connectivity index (χ4v) is 2.06. The molecule has 0 atom stereocenters. The number of nitrogens with one attached hydrogen (secondary N) is 1. The van der Waals surface area contributed by atoms with Crippen LogP contribution in [0.2, 0.25) is 0 Å². The maximum absolute atomic E-state index is 11.5. The van der Waals surface area contributed by atoms with Crippen molar-refractivity contribution in [1.29, 1.82) is 5.26 Å². The topological polar surface area (TPSA) is 62.1 Å². The number of nitrogens with zero attached hydrogens (tertiary/aromatic N) is 1. The Bertz CT molecular complexity index is 672. The van der Waals surface area contributed by atoms with E-state index in [0.717, 1.165) is 24.4 Å². The van der Waals surface area contributed by atoms with E-state index in [1.54, 1.807) is 31.2 Å². The second kappa shape index (κ2) is 7.84. The van der Waals surface area contributed by atoms with Crippen LogP contribution in [-0.4, -0.2) is 18.9 Å². The summed E-state index contributed by atoms with van der Waals surface area (Å²) in [5.74, 6) is 0.806. The molecule has 2 aromatic rings. The number of ether oxygens (including phenoxy) is 1. The number of carbonyl (C=O) groups excluding carboxylic acids is 1. The summed E-state index contributed by atoms with van der Waals surface area (Å²) >= 11 is 0. The molecular weight excluding hydrogens is 276 g/mol. The van der Waals surface area contributed by atoms with Crippen LogP contribution in [0.1, 0.15) is 29.3 Å². The van der Waals surface area contributed by atoms with Crippen molar-refractivity contribution < 1.29 is 9.53 Å². The molecule has 0 saturated carbocycles. The number of hydrogen-bond donors (Lipinski definition) is 1. The molecule has 0 amide bonds. The largest absolute Gasteiger partial charge is 0.494 e. The number of anilines is 1. The molecule has 0 radical (unpaired) electrons. The van der Waals surface area contributed by atoms with Crippen LogP contribution in [0.4, 0.5) is 5.69 Å². The van der Waals surface area contributed by atoms with Crippen molar-refractivity contribution in [3.05, 3.63) is 59.7 Å². The molecule has 0 bridgehead atoms. The molecule has 0 unspecified atom stereocenters. The standard InChI is InChI=1S/C18H18N2O2/c1-14(21)17-5-2-3-6-18(17)20-11-4-12-22-16-9-7-15(13-19)8-10-16/h2-3,5-10,20H,4,11-12H2,1H3. The fraction of sp³-hybridized carbons (Fsp3) is 0.222. The highest BCUT2D eigenvalue weighted by Crippen LogP contribution is 2.15. The lowest BCUT2D eigenvalue weighted by molar-refractivity contribution is 0.101. The minimum atomic E-state index is 0.0527. The Morgan fingerprint density at radius 2 is 1.91 bits per heavy atom. The maximum atomic E-state index is 11.5. The zero-order chi connectivity index (χ0) is 15.8. The number of carbonyl (C=O) groups is 1. The van der Waals surface area contributed by atoms with E-state index < -0.39 is 0 Å². The molecule has 0 aliphatic heterocycles. The molecule has 0 aliphatic carbocycles. The highest BCUT2D eigenvalue weighted by molar-refractivity contribution is 5.99. The van der Waals surface area contributed by atoms with Crippen molar-refractivity contribution in [1.82, 2.24) is 0 Å². The first-order valence-corrected chi connectivity index (χ1v) is 7.17. The highest BCUT2D eigenvalue weighted by atomic mass is 16.5. The fourth-order valence-electron chi connectivity index (χ4n) is 2.06. The van der Waals surface area contributed by atoms with E-state index in [0.29, 0.717) is 17.7 Å². The van der Waals surface area contributed by atoms with Gasteiger partial charge in [-0.3, -0.25) is 4.79 Å². The monoisotopic (exact) mass is 294 g/mol. The normalized spacial score (nSPS) is 9.82. The molecule has 2 rings (SSSR count). The van der Waals surface area contributed by atoms with Crippen LogP contribution in [0.5, 0.6) is 5.75 Å². The number of para-hydroxylation sites is 1. The Labute approximate surface area is 130 Å². The van der Waals surface area contributed by atoms with Gasteiger partial charge in [0.2, 0.25) is 0 Å². The predicted octanol–water partition coefficient (Wildman–Crippen LogP) is 3.64. The molecule has 4 nitrogen and oxygen atoms in total. The highest BCUT2D eigenvalue weighted by Gasteiger charge is 2.05. The van der Waals surface area contributed by atoms with Gasteiger partial charge in [0.25, 0.3) is 0 Å². The summed E-state index contributed by atoms with van der Waals surface area (Å²) in [7, 11) is 0. The molecule has 0 aromatic heterocycles. The molecule has 0 saturated heterocycles. The summed E-state index contributed by atoms with van der Waals surface area (Å²) in [6.07, 6.45) is 0.812. The summed E-state index contributed by atoms with van der Waals surface area (Å²) in [6.45, 7) is 2.86. The number of Topliss-reactive ketones (excluding diaryl/α,β-unsaturated/α-hetero) is 1. The first-order valence-electron chi connectivity index (χ1n) is 7.17. The van der Waals surface area contributed by atoms with Gasteiger partial charge in [-0.2, -0.15) is 5.26 Å². The summed E-state index contributed by atoms with van der Waals surface area (Å²) in [4.78, 5) is 11.5. The summed E-state index contributed by atoms with van der Waals surface area (Å²) in [6, 6.07) is 16.6. The van der Waals surface area contributed by atoms with E-state index in [-0.39, 0.29) is 5.78 Å². The van der Waals surface area contributed by atoms with E-state index in [1.807, 2.05) is 24.3 Å². The third-order valence-electron chi connectivity index (χ3n) is 3.20. The Kier molecular flexibility index (Phi) is 5.56. The van der Waals surface area contributed by atoms with Crippen molar-refractivity contribution in [2.45, 2.75) is 13.3 Å². The van der Waals surface area contributed by atoms with E-state index >= 15 is 0 Å². The smallest absolute Gasteiger partial charge is 0.161 e. The zero-order valence-corrected chi connectivity index (χ0v) is 12.5. The molecule has 0 aliphatic rings. The van der Waals surface area contributed by atoms with Crippen LogP contribution < -0.4 is 10.1 Å². The second-order valence-corrected chi connectivity index (χ2v) is 4.87. The quantitative estimate of drug-likeness (QED) is 0.625. The van der Waals surface area contributed by atoms with Gasteiger partial charge in [-0.25, -0.2) is 0 Å². The van der Waals surface area contributed by atoms with Gasteiger partial charge in [-0.1, -0.05) is 12.1 Å². The Morgan fingerprint density at radius 1 is 1.18 bits per heavy atom. The number of benzene rings is 2. The Morgan fingerprint density at radius 3 is 2.59 bits per heavy atom. The van der Waals surface area contributed by atoms with Gasteiger partial charge < -0.3 is 10.1 Å². The number of nitriles is 1.